The second-order valence-corrected chi connectivity index (χ2v) is 6.72. The molecule has 0 saturated carbocycles. The molecule has 0 bridgehead atoms. The Kier molecular flexibility index (Phi) is 3.90. The molecule has 0 amide bonds. The van der Waals surface area contributed by atoms with Crippen LogP contribution >= 0.6 is 0 Å². The van der Waals surface area contributed by atoms with Crippen LogP contribution in [0.15, 0.2) is 60.7 Å². The Balaban J connectivity index is 1.55. The van der Waals surface area contributed by atoms with Crippen molar-refractivity contribution in [3.8, 4) is 22.8 Å². The molecular weight excluding hydrogens is 357 g/mol. The fraction of sp³-hybridized carbons (Fsp3) is 0.136. The van der Waals surface area contributed by atoms with Crippen LogP contribution in [0.5, 0.6) is 11.5 Å². The molecule has 0 fully saturated rings. The minimum Gasteiger partial charge on any atom is -0.454 e. The van der Waals surface area contributed by atoms with Gasteiger partial charge in [0.2, 0.25) is 6.79 Å². The van der Waals surface area contributed by atoms with Gasteiger partial charge in [0.15, 0.2) is 11.5 Å². The zero-order chi connectivity index (χ0) is 19.1. The molecule has 0 saturated heterocycles. The second-order valence-electron chi connectivity index (χ2n) is 6.72. The van der Waals surface area contributed by atoms with E-state index in [0.29, 0.717) is 6.54 Å². The van der Waals surface area contributed by atoms with Crippen LogP contribution in [0.4, 0.5) is 10.2 Å². The number of benzene rings is 2. The molecule has 0 unspecified atom stereocenters. The summed E-state index contributed by atoms with van der Waals surface area (Å²) >= 11 is 0. The maximum atomic E-state index is 13.4. The Morgan fingerprint density at radius 2 is 1.86 bits per heavy atom. The summed E-state index contributed by atoms with van der Waals surface area (Å²) in [6, 6.07) is 18.3. The SMILES string of the molecule is Cc1cccc2nc(-c3ccc(F)cc3)c(NCc3ccc4c(c3)OCO4)n12. The molecule has 0 atom stereocenters. The Hall–Kier alpha value is -3.54. The summed E-state index contributed by atoms with van der Waals surface area (Å²) in [5.41, 5.74) is 4.62. The lowest BCUT2D eigenvalue weighted by Crippen LogP contribution is -2.05. The maximum Gasteiger partial charge on any atom is 0.231 e. The number of hydrogen-bond acceptors (Lipinski definition) is 4. The number of pyridine rings is 1. The van der Waals surface area contributed by atoms with E-state index in [9.17, 15) is 4.39 Å². The summed E-state index contributed by atoms with van der Waals surface area (Å²) < 4.78 is 26.3. The van der Waals surface area contributed by atoms with Gasteiger partial charge in [0.05, 0.1) is 0 Å². The first-order chi connectivity index (χ1) is 13.7. The van der Waals surface area contributed by atoms with Gasteiger partial charge in [0, 0.05) is 17.8 Å². The zero-order valence-corrected chi connectivity index (χ0v) is 15.3. The van der Waals surface area contributed by atoms with E-state index >= 15 is 0 Å². The van der Waals surface area contributed by atoms with Crippen molar-refractivity contribution in [2.45, 2.75) is 13.5 Å². The average Bonchev–Trinajstić information content (AvgIpc) is 3.31. The first-order valence-corrected chi connectivity index (χ1v) is 9.05. The largest absolute Gasteiger partial charge is 0.454 e. The quantitative estimate of drug-likeness (QED) is 0.557. The number of aromatic nitrogens is 2. The minimum absolute atomic E-state index is 0.257. The smallest absolute Gasteiger partial charge is 0.231 e. The number of rotatable bonds is 4. The van der Waals surface area contributed by atoms with Crippen LogP contribution in [0.25, 0.3) is 16.9 Å². The van der Waals surface area contributed by atoms with Crippen molar-refractivity contribution in [1.29, 1.82) is 0 Å². The Labute approximate surface area is 161 Å². The molecule has 4 aromatic rings. The summed E-state index contributed by atoms with van der Waals surface area (Å²) in [7, 11) is 0. The minimum atomic E-state index is -0.265. The second kappa shape index (κ2) is 6.56. The molecule has 0 radical (unpaired) electrons. The number of anilines is 1. The Morgan fingerprint density at radius 3 is 2.71 bits per heavy atom. The van der Waals surface area contributed by atoms with Crippen LogP contribution in [0.2, 0.25) is 0 Å². The first-order valence-electron chi connectivity index (χ1n) is 9.05. The molecule has 3 heterocycles. The average molecular weight is 375 g/mol. The van der Waals surface area contributed by atoms with Crippen molar-refractivity contribution in [2.75, 3.05) is 12.1 Å². The Bertz CT molecular complexity index is 1170. The number of ether oxygens (including phenoxy) is 2. The number of hydrogen-bond donors (Lipinski definition) is 1. The van der Waals surface area contributed by atoms with E-state index in [4.69, 9.17) is 14.5 Å². The molecular formula is C22H18FN3O2. The van der Waals surface area contributed by atoms with E-state index in [0.717, 1.165) is 45.5 Å². The molecule has 140 valence electrons. The molecule has 2 aromatic heterocycles. The van der Waals surface area contributed by atoms with Crippen molar-refractivity contribution in [3.63, 3.8) is 0 Å². The molecule has 2 aromatic carbocycles. The van der Waals surface area contributed by atoms with E-state index in [1.807, 2.05) is 43.3 Å². The van der Waals surface area contributed by atoms with Crippen LogP contribution < -0.4 is 14.8 Å². The normalized spacial score (nSPS) is 12.5. The molecule has 1 aliphatic rings. The highest BCUT2D eigenvalue weighted by molar-refractivity contribution is 5.77. The highest BCUT2D eigenvalue weighted by atomic mass is 19.1. The summed E-state index contributed by atoms with van der Waals surface area (Å²) in [4.78, 5) is 4.78. The van der Waals surface area contributed by atoms with E-state index < -0.39 is 0 Å². The monoisotopic (exact) mass is 375 g/mol. The molecule has 0 spiro atoms. The third-order valence-electron chi connectivity index (χ3n) is 4.85. The molecule has 6 heteroatoms. The van der Waals surface area contributed by atoms with Crippen LogP contribution in [0.1, 0.15) is 11.3 Å². The van der Waals surface area contributed by atoms with Gasteiger partial charge >= 0.3 is 0 Å². The van der Waals surface area contributed by atoms with Gasteiger partial charge in [0.25, 0.3) is 0 Å². The van der Waals surface area contributed by atoms with E-state index in [2.05, 4.69) is 9.72 Å². The highest BCUT2D eigenvalue weighted by Gasteiger charge is 2.17. The number of imidazole rings is 1. The molecule has 5 rings (SSSR count). The Morgan fingerprint density at radius 1 is 1.04 bits per heavy atom. The molecule has 0 aliphatic carbocycles. The predicted octanol–water partition coefficient (Wildman–Crippen LogP) is 4.79. The van der Waals surface area contributed by atoms with Gasteiger partial charge in [-0.25, -0.2) is 9.37 Å². The van der Waals surface area contributed by atoms with Crippen LogP contribution in [-0.2, 0) is 6.54 Å². The summed E-state index contributed by atoms with van der Waals surface area (Å²) in [6.45, 7) is 2.88. The molecule has 1 aliphatic heterocycles. The molecule has 28 heavy (non-hydrogen) atoms. The molecule has 1 N–H and O–H groups in total. The summed E-state index contributed by atoms with van der Waals surface area (Å²) in [5, 5.41) is 3.51. The highest BCUT2D eigenvalue weighted by Crippen LogP contribution is 2.34. The number of aryl methyl sites for hydroxylation is 1. The lowest BCUT2D eigenvalue weighted by Gasteiger charge is -2.11. The van der Waals surface area contributed by atoms with Gasteiger partial charge in [-0.1, -0.05) is 12.1 Å². The predicted molar refractivity (Wildman–Crippen MR) is 105 cm³/mol. The first kappa shape index (κ1) is 16.6. The fourth-order valence-electron chi connectivity index (χ4n) is 3.46. The fourth-order valence-corrected chi connectivity index (χ4v) is 3.46. The summed E-state index contributed by atoms with van der Waals surface area (Å²) in [5.74, 6) is 2.13. The lowest BCUT2D eigenvalue weighted by molar-refractivity contribution is 0.174. The standard InChI is InChI=1S/C22H18FN3O2/c1-14-3-2-4-20-25-21(16-6-8-17(23)9-7-16)22(26(14)20)24-12-15-5-10-18-19(11-15)28-13-27-18/h2-11,24H,12-13H2,1H3. The van der Waals surface area contributed by atoms with Gasteiger partial charge in [-0.3, -0.25) is 4.40 Å². The zero-order valence-electron chi connectivity index (χ0n) is 15.3. The van der Waals surface area contributed by atoms with E-state index in [-0.39, 0.29) is 12.6 Å². The third kappa shape index (κ3) is 2.83. The van der Waals surface area contributed by atoms with Gasteiger partial charge < -0.3 is 14.8 Å². The lowest BCUT2D eigenvalue weighted by atomic mass is 10.1. The number of fused-ring (bicyclic) bond motifs is 2. The maximum absolute atomic E-state index is 13.4. The topological polar surface area (TPSA) is 47.8 Å². The summed E-state index contributed by atoms with van der Waals surface area (Å²) in [6.07, 6.45) is 0. The van der Waals surface area contributed by atoms with Gasteiger partial charge in [-0.2, -0.15) is 0 Å². The van der Waals surface area contributed by atoms with E-state index in [1.54, 1.807) is 12.1 Å². The van der Waals surface area contributed by atoms with Crippen LogP contribution in [-0.4, -0.2) is 16.2 Å². The van der Waals surface area contributed by atoms with Crippen molar-refractivity contribution in [3.05, 3.63) is 77.7 Å². The van der Waals surface area contributed by atoms with Crippen molar-refractivity contribution < 1.29 is 13.9 Å². The van der Waals surface area contributed by atoms with Gasteiger partial charge in [0.1, 0.15) is 23.0 Å². The van der Waals surface area contributed by atoms with Crippen LogP contribution in [0.3, 0.4) is 0 Å². The third-order valence-corrected chi connectivity index (χ3v) is 4.85. The molecule has 5 nitrogen and oxygen atoms in total. The van der Waals surface area contributed by atoms with Gasteiger partial charge in [-0.05, 0) is 61.0 Å². The van der Waals surface area contributed by atoms with Crippen molar-refractivity contribution >= 4 is 11.5 Å². The van der Waals surface area contributed by atoms with Crippen molar-refractivity contribution in [2.24, 2.45) is 0 Å². The van der Waals surface area contributed by atoms with E-state index in [1.165, 1.54) is 12.1 Å². The number of nitrogens with one attached hydrogen (secondary N) is 1. The number of nitrogens with zero attached hydrogens (tertiary/aromatic N) is 2. The van der Waals surface area contributed by atoms with Gasteiger partial charge in [-0.15, -0.1) is 0 Å². The van der Waals surface area contributed by atoms with Crippen LogP contribution in [0, 0.1) is 12.7 Å². The van der Waals surface area contributed by atoms with Crippen molar-refractivity contribution in [1.82, 2.24) is 9.38 Å². The number of halogens is 1.